The van der Waals surface area contributed by atoms with Crippen LogP contribution < -0.4 is 0 Å². The number of allylic oxidation sites excluding steroid dienone is 8. The molecule has 0 aromatic heterocycles. The molecular formula is C41H75AsO3. The third kappa shape index (κ3) is 34.1. The summed E-state index contributed by atoms with van der Waals surface area (Å²) in [4.78, 5) is 12.5. The van der Waals surface area contributed by atoms with Gasteiger partial charge in [0.05, 0.1) is 0 Å². The van der Waals surface area contributed by atoms with Gasteiger partial charge in [0.2, 0.25) is 0 Å². The summed E-state index contributed by atoms with van der Waals surface area (Å²) >= 11 is -0.843. The van der Waals surface area contributed by atoms with Gasteiger partial charge in [-0.05, 0) is 44.9 Å². The van der Waals surface area contributed by atoms with Crippen molar-refractivity contribution in [3.63, 3.8) is 0 Å². The van der Waals surface area contributed by atoms with E-state index in [4.69, 9.17) is 4.74 Å². The van der Waals surface area contributed by atoms with E-state index in [0.29, 0.717) is 6.42 Å². The molecule has 0 aliphatic rings. The number of carbonyl (C=O) groups is 1. The average molecular weight is 691 g/mol. The zero-order chi connectivity index (χ0) is 33.1. The van der Waals surface area contributed by atoms with E-state index in [1.54, 1.807) is 0 Å². The third-order valence-corrected chi connectivity index (χ3v) is 10.7. The number of hydrogen-bond acceptors (Lipinski definition) is 3. The van der Waals surface area contributed by atoms with Crippen LogP contribution in [0.5, 0.6) is 0 Å². The van der Waals surface area contributed by atoms with Gasteiger partial charge in [0.15, 0.2) is 0 Å². The summed E-state index contributed by atoms with van der Waals surface area (Å²) in [5.41, 5.74) is 4.55. The molecule has 0 aromatic rings. The molecule has 0 aromatic carbocycles. The Balaban J connectivity index is 4.13. The standard InChI is InChI=1S/C41H75AsO3/c1-5-7-9-11-13-15-17-19-21-23-25-27-29-31-33-35-39(43)40(45-41(44)37-38-42(3)4)36-34-32-30-28-26-24-22-20-18-16-14-12-10-8-6-2/h13-16,19-22,39-40,43H,5-12,17-18,23-38H2,1-4H3. The van der Waals surface area contributed by atoms with Crippen LogP contribution in [0.25, 0.3) is 0 Å². The van der Waals surface area contributed by atoms with Gasteiger partial charge in [-0.2, -0.15) is 0 Å². The van der Waals surface area contributed by atoms with E-state index in [1.807, 2.05) is 0 Å². The average Bonchev–Trinajstić information content (AvgIpc) is 3.03. The van der Waals surface area contributed by atoms with E-state index in [1.165, 1.54) is 89.9 Å². The Morgan fingerprint density at radius 1 is 0.578 bits per heavy atom. The quantitative estimate of drug-likeness (QED) is 0.0323. The second kappa shape index (κ2) is 35.8. The molecule has 262 valence electrons. The summed E-state index contributed by atoms with van der Waals surface area (Å²) in [5, 5.41) is 11.9. The fourth-order valence-corrected chi connectivity index (χ4v) is 6.70. The number of carbonyl (C=O) groups excluding carboxylic acids is 1. The Hall–Kier alpha value is -1.05. The topological polar surface area (TPSA) is 46.5 Å². The van der Waals surface area contributed by atoms with E-state index in [9.17, 15) is 9.90 Å². The molecule has 3 nitrogen and oxygen atoms in total. The molecule has 2 atom stereocenters. The Labute approximate surface area is 286 Å². The number of aliphatic hydroxyl groups is 1. The summed E-state index contributed by atoms with van der Waals surface area (Å²) < 4.78 is 5.86. The van der Waals surface area contributed by atoms with Crippen LogP contribution in [0.1, 0.15) is 174 Å². The fourth-order valence-electron chi connectivity index (χ4n) is 5.38. The maximum absolute atomic E-state index is 12.5. The van der Waals surface area contributed by atoms with Gasteiger partial charge < -0.3 is 0 Å². The molecule has 0 saturated carbocycles. The number of unbranched alkanes of at least 4 members (excludes halogenated alkanes) is 16. The van der Waals surface area contributed by atoms with Crippen molar-refractivity contribution in [2.45, 2.75) is 203 Å². The van der Waals surface area contributed by atoms with Crippen LogP contribution in [-0.2, 0) is 9.53 Å². The van der Waals surface area contributed by atoms with Crippen molar-refractivity contribution in [2.75, 3.05) is 0 Å². The second-order valence-corrected chi connectivity index (χ2v) is 18.7. The van der Waals surface area contributed by atoms with E-state index >= 15 is 0 Å². The normalized spacial score (nSPS) is 13.7. The van der Waals surface area contributed by atoms with E-state index in [-0.39, 0.29) is 12.1 Å². The Morgan fingerprint density at radius 2 is 0.978 bits per heavy atom. The van der Waals surface area contributed by atoms with E-state index < -0.39 is 20.8 Å². The number of ether oxygens (including phenoxy) is 1. The Morgan fingerprint density at radius 3 is 1.42 bits per heavy atom. The molecule has 0 spiro atoms. The van der Waals surface area contributed by atoms with Crippen LogP contribution in [0.15, 0.2) is 48.6 Å². The van der Waals surface area contributed by atoms with Gasteiger partial charge in [-0.25, -0.2) is 0 Å². The SMILES string of the molecule is CCCCCC=CCC=CCCCCCCCC(O)C(CCCCCCCC=CCC=CCCCCC)OC(=O)CC[As](C)C. The molecule has 0 aliphatic heterocycles. The molecule has 0 rings (SSSR count). The minimum atomic E-state index is -0.843. The van der Waals surface area contributed by atoms with Gasteiger partial charge in [-0.15, -0.1) is 0 Å². The summed E-state index contributed by atoms with van der Waals surface area (Å²) in [7, 11) is 0. The number of rotatable bonds is 33. The van der Waals surface area contributed by atoms with Crippen LogP contribution in [0.3, 0.4) is 0 Å². The molecule has 0 bridgehead atoms. The zero-order valence-electron chi connectivity index (χ0n) is 30.4. The van der Waals surface area contributed by atoms with Crippen LogP contribution >= 0.6 is 0 Å². The molecule has 0 fully saturated rings. The van der Waals surface area contributed by atoms with Crippen LogP contribution in [-0.4, -0.2) is 37.9 Å². The van der Waals surface area contributed by atoms with E-state index in [0.717, 1.165) is 69.4 Å². The predicted octanol–water partition coefficient (Wildman–Crippen LogP) is 13.0. The van der Waals surface area contributed by atoms with Crippen molar-refractivity contribution in [1.29, 1.82) is 0 Å². The molecule has 2 unspecified atom stereocenters. The summed E-state index contributed by atoms with van der Waals surface area (Å²) in [6.07, 6.45) is 46.2. The second-order valence-electron chi connectivity index (χ2n) is 13.2. The number of hydrogen-bond donors (Lipinski definition) is 1. The van der Waals surface area contributed by atoms with E-state index in [2.05, 4.69) is 73.9 Å². The first kappa shape index (κ1) is 43.9. The van der Waals surface area contributed by atoms with Crippen LogP contribution in [0.2, 0.25) is 16.6 Å². The van der Waals surface area contributed by atoms with Crippen molar-refractivity contribution >= 4 is 20.6 Å². The maximum atomic E-state index is 12.5. The molecular weight excluding hydrogens is 615 g/mol. The van der Waals surface area contributed by atoms with Gasteiger partial charge in [0.1, 0.15) is 0 Å². The van der Waals surface area contributed by atoms with Crippen molar-refractivity contribution in [1.82, 2.24) is 0 Å². The molecule has 1 N–H and O–H groups in total. The van der Waals surface area contributed by atoms with Crippen LogP contribution in [0.4, 0.5) is 0 Å². The fraction of sp³-hybridized carbons (Fsp3) is 0.780. The number of esters is 1. The van der Waals surface area contributed by atoms with Crippen LogP contribution in [0, 0.1) is 0 Å². The molecule has 0 heterocycles. The van der Waals surface area contributed by atoms with Crippen molar-refractivity contribution in [3.05, 3.63) is 48.6 Å². The van der Waals surface area contributed by atoms with Gasteiger partial charge in [0, 0.05) is 0 Å². The van der Waals surface area contributed by atoms with Crippen molar-refractivity contribution in [2.24, 2.45) is 0 Å². The Kier molecular flexibility index (Phi) is 35.0. The molecule has 0 radical (unpaired) electrons. The zero-order valence-corrected chi connectivity index (χ0v) is 32.2. The first-order chi connectivity index (χ1) is 22.0. The summed E-state index contributed by atoms with van der Waals surface area (Å²) in [6, 6.07) is 0. The summed E-state index contributed by atoms with van der Waals surface area (Å²) in [5.74, 6) is -0.107. The first-order valence-electron chi connectivity index (χ1n) is 19.1. The molecule has 4 heteroatoms. The van der Waals surface area contributed by atoms with Crippen molar-refractivity contribution < 1.29 is 14.6 Å². The molecule has 0 aliphatic carbocycles. The molecule has 0 amide bonds. The van der Waals surface area contributed by atoms with Gasteiger partial charge >= 0.3 is 154 Å². The van der Waals surface area contributed by atoms with Gasteiger partial charge in [-0.3, -0.25) is 0 Å². The predicted molar refractivity (Wildman–Crippen MR) is 202 cm³/mol. The monoisotopic (exact) mass is 690 g/mol. The Bertz CT molecular complexity index is 739. The third-order valence-electron chi connectivity index (χ3n) is 8.36. The molecule has 45 heavy (non-hydrogen) atoms. The van der Waals surface area contributed by atoms with Crippen molar-refractivity contribution in [3.8, 4) is 0 Å². The first-order valence-corrected chi connectivity index (χ1v) is 24.2. The molecule has 0 saturated heterocycles. The number of aliphatic hydroxyl groups excluding tert-OH is 1. The minimum absolute atomic E-state index is 0.107. The van der Waals surface area contributed by atoms with Gasteiger partial charge in [0.25, 0.3) is 0 Å². The summed E-state index contributed by atoms with van der Waals surface area (Å²) in [6.45, 7) is 4.50. The van der Waals surface area contributed by atoms with Gasteiger partial charge in [-0.1, -0.05) is 88.1 Å².